The Hall–Kier alpha value is -3.50. The van der Waals surface area contributed by atoms with Crippen molar-refractivity contribution < 1.29 is 0 Å². The predicted octanol–water partition coefficient (Wildman–Crippen LogP) is 9.10. The Balaban J connectivity index is 1.37. The van der Waals surface area contributed by atoms with Crippen molar-refractivity contribution in [3.05, 3.63) is 180 Å². The van der Waals surface area contributed by atoms with Crippen LogP contribution in [0, 0.1) is 0 Å². The van der Waals surface area contributed by atoms with E-state index in [1.165, 1.54) is 49.5 Å². The van der Waals surface area contributed by atoms with E-state index in [0.717, 1.165) is 0 Å². The van der Waals surface area contributed by atoms with E-state index in [1.54, 1.807) is 0 Å². The Morgan fingerprint density at radius 1 is 0.487 bits per heavy atom. The fourth-order valence-corrected chi connectivity index (χ4v) is 10.1. The second-order valence-corrected chi connectivity index (χ2v) is 14.6. The number of benzene rings is 4. The first-order chi connectivity index (χ1) is 19.3. The van der Waals surface area contributed by atoms with Gasteiger partial charge in [-0.1, -0.05) is 0 Å². The molecular formula is C37H27SeTe+. The van der Waals surface area contributed by atoms with Crippen molar-refractivity contribution in [2.75, 3.05) is 0 Å². The summed E-state index contributed by atoms with van der Waals surface area (Å²) in [5.41, 5.74) is 7.79. The van der Waals surface area contributed by atoms with Crippen LogP contribution >= 0.6 is 0 Å². The van der Waals surface area contributed by atoms with Crippen LogP contribution in [0.15, 0.2) is 163 Å². The molecule has 39 heavy (non-hydrogen) atoms. The fraction of sp³-hybridized carbons (Fsp3) is 0. The molecule has 1 aliphatic rings. The van der Waals surface area contributed by atoms with Crippen molar-refractivity contribution in [3.8, 4) is 20.0 Å². The topological polar surface area (TPSA) is 0 Å². The van der Waals surface area contributed by atoms with Crippen LogP contribution in [-0.4, -0.2) is 35.4 Å². The molecule has 4 aromatic carbocycles. The first-order valence-electron chi connectivity index (χ1n) is 13.0. The molecule has 0 bridgehead atoms. The van der Waals surface area contributed by atoms with Gasteiger partial charge in [0.2, 0.25) is 0 Å². The van der Waals surface area contributed by atoms with Crippen LogP contribution in [-0.2, 0) is 0 Å². The van der Waals surface area contributed by atoms with Crippen LogP contribution < -0.4 is 0 Å². The van der Waals surface area contributed by atoms with Gasteiger partial charge >= 0.3 is 249 Å². The number of hydrogen-bond acceptors (Lipinski definition) is 0. The summed E-state index contributed by atoms with van der Waals surface area (Å²) < 4.78 is 5.79. The summed E-state index contributed by atoms with van der Waals surface area (Å²) in [4.78, 5) is 0. The quantitative estimate of drug-likeness (QED) is 0.157. The van der Waals surface area contributed by atoms with Crippen molar-refractivity contribution in [2.24, 2.45) is 0 Å². The van der Waals surface area contributed by atoms with Crippen LogP contribution in [0.3, 0.4) is 0 Å². The Bertz CT molecular complexity index is 1570. The third kappa shape index (κ3) is 6.57. The van der Waals surface area contributed by atoms with Crippen molar-refractivity contribution in [1.82, 2.24) is 0 Å². The van der Waals surface area contributed by atoms with E-state index in [0.29, 0.717) is 0 Å². The minimum absolute atomic E-state index is 0.257. The summed E-state index contributed by atoms with van der Waals surface area (Å²) >= 11 is -0.220. The van der Waals surface area contributed by atoms with Crippen LogP contribution in [0.4, 0.5) is 0 Å². The molecule has 5 aromatic rings. The molecule has 0 amide bonds. The molecule has 0 unspecified atom stereocenters. The van der Waals surface area contributed by atoms with Gasteiger partial charge in [0.25, 0.3) is 0 Å². The summed E-state index contributed by atoms with van der Waals surface area (Å²) in [7, 11) is 0. The molecule has 2 heteroatoms. The van der Waals surface area contributed by atoms with Crippen molar-refractivity contribution >= 4 is 48.7 Å². The summed E-state index contributed by atoms with van der Waals surface area (Å²) in [6, 6.07) is 48.0. The van der Waals surface area contributed by atoms with E-state index in [1.807, 2.05) is 0 Å². The molecule has 0 saturated heterocycles. The summed E-state index contributed by atoms with van der Waals surface area (Å²) in [6.45, 7) is 0. The maximum atomic E-state index is 2.39. The average Bonchev–Trinajstić information content (AvgIpc) is 3.02. The minimum atomic E-state index is -0.476. The van der Waals surface area contributed by atoms with Crippen molar-refractivity contribution in [2.45, 2.75) is 0 Å². The van der Waals surface area contributed by atoms with Gasteiger partial charge in [0.1, 0.15) is 0 Å². The first kappa shape index (κ1) is 25.8. The standard InChI is InChI=1S/C37H27SeTe/c1-5-16-30(17-6-1)34-24-28(25-35(38-34)31-18-7-2-8-19-31)14-13-15-29-26-36(32-20-9-3-10-21-32)39-37(27-29)33-22-11-4-12-23-33/h1-27H/q+1/b14-13+. The Morgan fingerprint density at radius 2 is 0.897 bits per heavy atom. The normalized spacial score (nSPS) is 13.2. The third-order valence-corrected chi connectivity index (χ3v) is 12.1. The molecule has 0 saturated carbocycles. The number of rotatable bonds is 6. The monoisotopic (exact) mass is 681 g/mol. The zero-order valence-electron chi connectivity index (χ0n) is 21.4. The van der Waals surface area contributed by atoms with Gasteiger partial charge in [-0.05, 0) is 0 Å². The number of hydrogen-bond donors (Lipinski definition) is 0. The van der Waals surface area contributed by atoms with E-state index >= 15 is 0 Å². The van der Waals surface area contributed by atoms with E-state index in [2.05, 4.69) is 164 Å². The Labute approximate surface area is 247 Å². The molecule has 0 nitrogen and oxygen atoms in total. The molecule has 0 spiro atoms. The zero-order chi connectivity index (χ0) is 26.3. The van der Waals surface area contributed by atoms with Gasteiger partial charge in [0.05, 0.1) is 0 Å². The van der Waals surface area contributed by atoms with Crippen LogP contribution in [0.25, 0.3) is 33.3 Å². The van der Waals surface area contributed by atoms with Crippen molar-refractivity contribution in [1.29, 1.82) is 0 Å². The molecule has 0 fully saturated rings. The maximum absolute atomic E-state index is 2.39. The SMILES string of the molecule is C(/C=C/c1cc(-c2ccccc2)[se+]c(-c2ccccc2)c1)=C1C=C(c2ccccc2)[Te]C(c2ccccc2)=C1. The Morgan fingerprint density at radius 3 is 1.33 bits per heavy atom. The molecular weight excluding hydrogens is 651 g/mol. The molecule has 6 rings (SSSR count). The molecule has 186 valence electrons. The zero-order valence-corrected chi connectivity index (χ0v) is 25.4. The molecule has 0 radical (unpaired) electrons. The summed E-state index contributed by atoms with van der Waals surface area (Å²) in [6.07, 6.45) is 11.5. The molecule has 2 heterocycles. The van der Waals surface area contributed by atoms with Gasteiger partial charge in [0.15, 0.2) is 0 Å². The van der Waals surface area contributed by atoms with Gasteiger partial charge in [-0.25, -0.2) is 0 Å². The molecule has 0 aliphatic carbocycles. The van der Waals surface area contributed by atoms with E-state index < -0.39 is 20.9 Å². The van der Waals surface area contributed by atoms with Crippen LogP contribution in [0.1, 0.15) is 16.7 Å². The van der Waals surface area contributed by atoms with Gasteiger partial charge < -0.3 is 0 Å². The molecule has 1 aromatic heterocycles. The second-order valence-electron chi connectivity index (χ2n) is 9.23. The average molecular weight is 678 g/mol. The summed E-state index contributed by atoms with van der Waals surface area (Å²) in [5.74, 6) is 0. The van der Waals surface area contributed by atoms with E-state index in [9.17, 15) is 0 Å². The van der Waals surface area contributed by atoms with Crippen LogP contribution in [0.5, 0.6) is 0 Å². The fourth-order valence-electron chi connectivity index (χ4n) is 4.49. The molecule has 1 aliphatic heterocycles. The molecule has 0 atom stereocenters. The third-order valence-electron chi connectivity index (χ3n) is 6.44. The van der Waals surface area contributed by atoms with Gasteiger partial charge in [0, 0.05) is 0 Å². The predicted molar refractivity (Wildman–Crippen MR) is 170 cm³/mol. The van der Waals surface area contributed by atoms with Crippen molar-refractivity contribution in [3.63, 3.8) is 0 Å². The second kappa shape index (κ2) is 12.6. The first-order valence-corrected chi connectivity index (χ1v) is 17.1. The van der Waals surface area contributed by atoms with Gasteiger partial charge in [-0.15, -0.1) is 0 Å². The van der Waals surface area contributed by atoms with Crippen LogP contribution in [0.2, 0.25) is 0 Å². The summed E-state index contributed by atoms with van der Waals surface area (Å²) in [5, 5.41) is 0. The van der Waals surface area contributed by atoms with Gasteiger partial charge in [-0.2, -0.15) is 0 Å². The number of allylic oxidation sites excluding steroid dienone is 5. The van der Waals surface area contributed by atoms with E-state index in [-0.39, 0.29) is 14.5 Å². The Kier molecular flexibility index (Phi) is 8.30. The van der Waals surface area contributed by atoms with Gasteiger partial charge in [-0.3, -0.25) is 0 Å². The molecule has 0 N–H and O–H groups in total. The van der Waals surface area contributed by atoms with E-state index in [4.69, 9.17) is 0 Å².